The average Bonchev–Trinajstić information content (AvgIpc) is 2.53. The lowest BCUT2D eigenvalue weighted by Gasteiger charge is -2.06. The molecule has 1 N–H and O–H groups in total. The molecule has 0 aliphatic carbocycles. The SMILES string of the molecule is CNCc1cc(COCCC(F)(F)F)c(C)o1. The number of furan rings is 1. The fourth-order valence-electron chi connectivity index (χ4n) is 1.36. The van der Waals surface area contributed by atoms with Gasteiger partial charge in [-0.2, -0.15) is 13.2 Å². The number of nitrogens with one attached hydrogen (secondary N) is 1. The molecule has 0 atom stereocenters. The van der Waals surface area contributed by atoms with Gasteiger partial charge in [0.05, 0.1) is 26.2 Å². The van der Waals surface area contributed by atoms with Gasteiger partial charge in [0, 0.05) is 5.56 Å². The molecule has 0 aliphatic heterocycles. The molecule has 0 aromatic carbocycles. The van der Waals surface area contributed by atoms with Gasteiger partial charge in [-0.1, -0.05) is 0 Å². The molecule has 1 heterocycles. The van der Waals surface area contributed by atoms with Gasteiger partial charge >= 0.3 is 6.18 Å². The Morgan fingerprint density at radius 3 is 2.71 bits per heavy atom. The van der Waals surface area contributed by atoms with Crippen molar-refractivity contribution >= 4 is 0 Å². The van der Waals surface area contributed by atoms with Crippen LogP contribution in [0.2, 0.25) is 0 Å². The molecule has 0 amide bonds. The van der Waals surface area contributed by atoms with E-state index in [2.05, 4.69) is 5.32 Å². The number of hydrogen-bond donors (Lipinski definition) is 1. The highest BCUT2D eigenvalue weighted by atomic mass is 19.4. The smallest absolute Gasteiger partial charge is 0.391 e. The molecule has 1 rings (SSSR count). The summed E-state index contributed by atoms with van der Waals surface area (Å²) in [5, 5.41) is 2.93. The van der Waals surface area contributed by atoms with Crippen molar-refractivity contribution in [1.82, 2.24) is 5.32 Å². The molecule has 0 spiro atoms. The van der Waals surface area contributed by atoms with Gasteiger partial charge in [0.2, 0.25) is 0 Å². The van der Waals surface area contributed by atoms with E-state index >= 15 is 0 Å². The molecule has 17 heavy (non-hydrogen) atoms. The van der Waals surface area contributed by atoms with E-state index in [4.69, 9.17) is 9.15 Å². The van der Waals surface area contributed by atoms with Crippen molar-refractivity contribution in [1.29, 1.82) is 0 Å². The lowest BCUT2D eigenvalue weighted by atomic mass is 10.2. The quantitative estimate of drug-likeness (QED) is 0.789. The van der Waals surface area contributed by atoms with Crippen LogP contribution in [0.1, 0.15) is 23.5 Å². The van der Waals surface area contributed by atoms with E-state index in [9.17, 15) is 13.2 Å². The number of hydrogen-bond acceptors (Lipinski definition) is 3. The van der Waals surface area contributed by atoms with E-state index in [0.29, 0.717) is 12.3 Å². The van der Waals surface area contributed by atoms with Gasteiger partial charge in [0.1, 0.15) is 11.5 Å². The molecular formula is C11H16F3NO2. The van der Waals surface area contributed by atoms with Crippen LogP contribution in [0.4, 0.5) is 13.2 Å². The van der Waals surface area contributed by atoms with Gasteiger partial charge in [0.15, 0.2) is 0 Å². The van der Waals surface area contributed by atoms with Crippen molar-refractivity contribution in [2.24, 2.45) is 0 Å². The Hall–Kier alpha value is -1.01. The number of ether oxygens (including phenoxy) is 1. The van der Waals surface area contributed by atoms with E-state index in [1.54, 1.807) is 20.0 Å². The van der Waals surface area contributed by atoms with Crippen LogP contribution in [0.5, 0.6) is 0 Å². The van der Waals surface area contributed by atoms with E-state index < -0.39 is 12.6 Å². The Labute approximate surface area is 97.9 Å². The number of rotatable bonds is 6. The summed E-state index contributed by atoms with van der Waals surface area (Å²) in [5.41, 5.74) is 0.789. The minimum Gasteiger partial charge on any atom is -0.465 e. The van der Waals surface area contributed by atoms with Gasteiger partial charge < -0.3 is 14.5 Å². The van der Waals surface area contributed by atoms with Crippen LogP contribution in [0, 0.1) is 6.92 Å². The van der Waals surface area contributed by atoms with Crippen LogP contribution in [0.15, 0.2) is 10.5 Å². The number of aryl methyl sites for hydroxylation is 1. The molecular weight excluding hydrogens is 235 g/mol. The van der Waals surface area contributed by atoms with Crippen LogP contribution in [-0.4, -0.2) is 19.8 Å². The molecule has 1 aromatic rings. The Balaban J connectivity index is 2.36. The average molecular weight is 251 g/mol. The number of alkyl halides is 3. The zero-order valence-corrected chi connectivity index (χ0v) is 9.86. The second-order valence-electron chi connectivity index (χ2n) is 3.74. The zero-order chi connectivity index (χ0) is 12.9. The molecule has 98 valence electrons. The molecule has 3 nitrogen and oxygen atoms in total. The van der Waals surface area contributed by atoms with Gasteiger partial charge in [0.25, 0.3) is 0 Å². The summed E-state index contributed by atoms with van der Waals surface area (Å²) < 4.78 is 45.9. The summed E-state index contributed by atoms with van der Waals surface area (Å²) in [4.78, 5) is 0. The second-order valence-corrected chi connectivity index (χ2v) is 3.74. The molecule has 0 radical (unpaired) electrons. The Morgan fingerprint density at radius 2 is 2.12 bits per heavy atom. The highest BCUT2D eigenvalue weighted by Crippen LogP contribution is 2.20. The van der Waals surface area contributed by atoms with Gasteiger partial charge in [-0.05, 0) is 20.0 Å². The first-order valence-electron chi connectivity index (χ1n) is 5.29. The van der Waals surface area contributed by atoms with Crippen molar-refractivity contribution in [3.63, 3.8) is 0 Å². The first kappa shape index (κ1) is 14.1. The van der Waals surface area contributed by atoms with Crippen LogP contribution < -0.4 is 5.32 Å². The Morgan fingerprint density at radius 1 is 1.41 bits per heavy atom. The third kappa shape index (κ3) is 5.23. The Kier molecular flexibility index (Phi) is 5.02. The lowest BCUT2D eigenvalue weighted by Crippen LogP contribution is -2.11. The molecule has 0 unspecified atom stereocenters. The maximum absolute atomic E-state index is 11.9. The molecule has 0 saturated heterocycles. The standard InChI is InChI=1S/C11H16F3NO2/c1-8-9(5-10(17-8)6-15-2)7-16-4-3-11(12,13)14/h5,15H,3-4,6-7H2,1-2H3. The van der Waals surface area contributed by atoms with E-state index in [0.717, 1.165) is 11.3 Å². The van der Waals surface area contributed by atoms with Gasteiger partial charge in [-0.15, -0.1) is 0 Å². The van der Waals surface area contributed by atoms with E-state index in [1.165, 1.54) is 0 Å². The van der Waals surface area contributed by atoms with Crippen LogP contribution in [-0.2, 0) is 17.9 Å². The summed E-state index contributed by atoms with van der Waals surface area (Å²) in [7, 11) is 1.79. The van der Waals surface area contributed by atoms with Crippen LogP contribution in [0.3, 0.4) is 0 Å². The lowest BCUT2D eigenvalue weighted by molar-refractivity contribution is -0.146. The largest absolute Gasteiger partial charge is 0.465 e. The highest BCUT2D eigenvalue weighted by molar-refractivity contribution is 5.19. The molecule has 1 aromatic heterocycles. The zero-order valence-electron chi connectivity index (χ0n) is 9.86. The monoisotopic (exact) mass is 251 g/mol. The maximum atomic E-state index is 11.9. The summed E-state index contributed by atoms with van der Waals surface area (Å²) >= 11 is 0. The summed E-state index contributed by atoms with van der Waals surface area (Å²) in [6.07, 6.45) is -5.09. The first-order valence-corrected chi connectivity index (χ1v) is 5.29. The normalized spacial score (nSPS) is 12.1. The minimum atomic E-state index is -4.16. The second kappa shape index (κ2) is 6.07. The first-order chi connectivity index (χ1) is 7.92. The summed E-state index contributed by atoms with van der Waals surface area (Å²) in [5.74, 6) is 1.43. The van der Waals surface area contributed by atoms with Crippen LogP contribution in [0.25, 0.3) is 0 Å². The predicted molar refractivity (Wildman–Crippen MR) is 56.5 cm³/mol. The summed E-state index contributed by atoms with van der Waals surface area (Å²) in [6, 6.07) is 1.79. The molecule has 0 aliphatic rings. The van der Waals surface area contributed by atoms with Crippen molar-refractivity contribution in [2.75, 3.05) is 13.7 Å². The van der Waals surface area contributed by atoms with Crippen LogP contribution >= 0.6 is 0 Å². The molecule has 0 saturated carbocycles. The van der Waals surface area contributed by atoms with E-state index in [-0.39, 0.29) is 13.2 Å². The van der Waals surface area contributed by atoms with Crippen molar-refractivity contribution < 1.29 is 22.3 Å². The summed E-state index contributed by atoms with van der Waals surface area (Å²) in [6.45, 7) is 2.18. The van der Waals surface area contributed by atoms with Gasteiger partial charge in [-0.3, -0.25) is 0 Å². The molecule has 6 heteroatoms. The molecule has 0 fully saturated rings. The molecule has 0 bridgehead atoms. The Bertz CT molecular complexity index is 347. The minimum absolute atomic E-state index is 0.148. The highest BCUT2D eigenvalue weighted by Gasteiger charge is 2.26. The van der Waals surface area contributed by atoms with Crippen molar-refractivity contribution in [3.8, 4) is 0 Å². The van der Waals surface area contributed by atoms with Crippen molar-refractivity contribution in [2.45, 2.75) is 32.7 Å². The van der Waals surface area contributed by atoms with Gasteiger partial charge in [-0.25, -0.2) is 0 Å². The maximum Gasteiger partial charge on any atom is 0.391 e. The third-order valence-corrected chi connectivity index (χ3v) is 2.21. The van der Waals surface area contributed by atoms with Crippen molar-refractivity contribution in [3.05, 3.63) is 23.2 Å². The fraction of sp³-hybridized carbons (Fsp3) is 0.636. The van der Waals surface area contributed by atoms with E-state index in [1.807, 2.05) is 0 Å². The topological polar surface area (TPSA) is 34.4 Å². The number of halogens is 3. The predicted octanol–water partition coefficient (Wildman–Crippen LogP) is 2.78. The third-order valence-electron chi connectivity index (χ3n) is 2.21. The fourth-order valence-corrected chi connectivity index (χ4v) is 1.36.